The Morgan fingerprint density at radius 1 is 1.33 bits per heavy atom. The van der Waals surface area contributed by atoms with Gasteiger partial charge in [0.25, 0.3) is 0 Å². The maximum Gasteiger partial charge on any atom is 0.169 e. The van der Waals surface area contributed by atoms with Crippen molar-refractivity contribution in [3.63, 3.8) is 0 Å². The molecule has 0 radical (unpaired) electrons. The molecule has 0 unspecified atom stereocenters. The van der Waals surface area contributed by atoms with Crippen LogP contribution >= 0.6 is 0 Å². The summed E-state index contributed by atoms with van der Waals surface area (Å²) < 4.78 is 10.2. The molecule has 2 rings (SSSR count). The van der Waals surface area contributed by atoms with Crippen molar-refractivity contribution < 1.29 is 9.26 Å². The fourth-order valence-corrected chi connectivity index (χ4v) is 1.41. The van der Waals surface area contributed by atoms with E-state index in [1.807, 2.05) is 25.1 Å². The summed E-state index contributed by atoms with van der Waals surface area (Å²) in [5.41, 5.74) is 7.53. The Labute approximate surface area is 87.6 Å². The van der Waals surface area contributed by atoms with Crippen molar-refractivity contribution in [2.75, 3.05) is 12.8 Å². The van der Waals surface area contributed by atoms with E-state index in [0.29, 0.717) is 11.6 Å². The molecule has 0 aliphatic heterocycles. The Morgan fingerprint density at radius 3 is 2.73 bits per heavy atom. The molecular weight excluding hydrogens is 192 g/mol. The maximum absolute atomic E-state index is 5.50. The molecule has 1 aromatic heterocycles. The second-order valence-corrected chi connectivity index (χ2v) is 3.30. The number of ether oxygens (including phenoxy) is 1. The van der Waals surface area contributed by atoms with Gasteiger partial charge in [-0.05, 0) is 24.6 Å². The number of hydrogen-bond acceptors (Lipinski definition) is 4. The summed E-state index contributed by atoms with van der Waals surface area (Å²) in [6.45, 7) is 1.99. The number of nitrogens with zero attached hydrogens (tertiary/aromatic N) is 1. The third kappa shape index (κ3) is 1.79. The fraction of sp³-hybridized carbons (Fsp3) is 0.182. The van der Waals surface area contributed by atoms with E-state index in [-0.39, 0.29) is 0 Å². The van der Waals surface area contributed by atoms with Gasteiger partial charge in [0.05, 0.1) is 7.11 Å². The molecular formula is C11H12N2O2. The number of methoxy groups -OCH3 is 1. The molecule has 15 heavy (non-hydrogen) atoms. The van der Waals surface area contributed by atoms with E-state index in [1.165, 1.54) is 0 Å². The molecule has 0 atom stereocenters. The van der Waals surface area contributed by atoms with E-state index in [1.54, 1.807) is 13.2 Å². The lowest BCUT2D eigenvalue weighted by atomic mass is 10.1. The Hall–Kier alpha value is -1.97. The summed E-state index contributed by atoms with van der Waals surface area (Å²) >= 11 is 0. The molecule has 0 aliphatic rings. The monoisotopic (exact) mass is 204 g/mol. The summed E-state index contributed by atoms with van der Waals surface area (Å²) in [6, 6.07) is 7.46. The zero-order valence-electron chi connectivity index (χ0n) is 8.65. The highest BCUT2D eigenvalue weighted by atomic mass is 16.5. The van der Waals surface area contributed by atoms with Gasteiger partial charge in [0.15, 0.2) is 11.6 Å². The summed E-state index contributed by atoms with van der Waals surface area (Å²) in [5.74, 6) is 1.82. The third-order valence-electron chi connectivity index (χ3n) is 2.24. The van der Waals surface area contributed by atoms with Crippen LogP contribution in [0.1, 0.15) is 5.56 Å². The third-order valence-corrected chi connectivity index (χ3v) is 2.24. The number of rotatable bonds is 2. The van der Waals surface area contributed by atoms with Crippen LogP contribution in [-0.4, -0.2) is 12.3 Å². The lowest BCUT2D eigenvalue weighted by molar-refractivity contribution is 0.413. The van der Waals surface area contributed by atoms with Gasteiger partial charge in [-0.3, -0.25) is 0 Å². The minimum atomic E-state index is 0.382. The van der Waals surface area contributed by atoms with Crippen molar-refractivity contribution in [2.24, 2.45) is 0 Å². The van der Waals surface area contributed by atoms with Crippen LogP contribution in [0.25, 0.3) is 11.3 Å². The van der Waals surface area contributed by atoms with Crippen LogP contribution in [0.4, 0.5) is 5.82 Å². The van der Waals surface area contributed by atoms with Gasteiger partial charge in [-0.2, -0.15) is 0 Å². The van der Waals surface area contributed by atoms with Gasteiger partial charge in [0.1, 0.15) is 5.75 Å². The van der Waals surface area contributed by atoms with Crippen LogP contribution in [-0.2, 0) is 0 Å². The van der Waals surface area contributed by atoms with Crippen LogP contribution in [0.15, 0.2) is 28.8 Å². The first kappa shape index (κ1) is 9.58. The number of aromatic nitrogens is 1. The highest BCUT2D eigenvalue weighted by molar-refractivity contribution is 5.65. The van der Waals surface area contributed by atoms with Gasteiger partial charge >= 0.3 is 0 Å². The zero-order chi connectivity index (χ0) is 10.8. The molecule has 1 aromatic carbocycles. The molecule has 2 N–H and O–H groups in total. The first-order chi connectivity index (χ1) is 7.20. The number of aryl methyl sites for hydroxylation is 1. The molecule has 0 saturated carbocycles. The second-order valence-electron chi connectivity index (χ2n) is 3.30. The fourth-order valence-electron chi connectivity index (χ4n) is 1.41. The Kier molecular flexibility index (Phi) is 2.33. The molecule has 1 heterocycles. The number of hydrogen-bond donors (Lipinski definition) is 1. The molecule has 78 valence electrons. The lowest BCUT2D eigenvalue weighted by Crippen LogP contribution is -1.86. The smallest absolute Gasteiger partial charge is 0.169 e. The second kappa shape index (κ2) is 3.65. The van der Waals surface area contributed by atoms with Gasteiger partial charge in [0.2, 0.25) is 0 Å². The highest BCUT2D eigenvalue weighted by Crippen LogP contribution is 2.28. The summed E-state index contributed by atoms with van der Waals surface area (Å²) in [4.78, 5) is 0. The van der Waals surface area contributed by atoms with Gasteiger partial charge in [-0.15, -0.1) is 0 Å². The number of benzene rings is 1. The SMILES string of the molecule is COc1ccc(C)c(-c2cc(N)no2)c1. The summed E-state index contributed by atoms with van der Waals surface area (Å²) in [5, 5.41) is 3.65. The average Bonchev–Trinajstić information content (AvgIpc) is 2.65. The van der Waals surface area contributed by atoms with Crippen LogP contribution in [0.3, 0.4) is 0 Å². The number of anilines is 1. The number of nitrogen functional groups attached to an aromatic ring is 1. The lowest BCUT2D eigenvalue weighted by Gasteiger charge is -2.04. The molecule has 0 amide bonds. The predicted octanol–water partition coefficient (Wildman–Crippen LogP) is 2.24. The molecule has 4 nitrogen and oxygen atoms in total. The first-order valence-corrected chi connectivity index (χ1v) is 4.58. The van der Waals surface area contributed by atoms with Gasteiger partial charge in [-0.1, -0.05) is 11.2 Å². The largest absolute Gasteiger partial charge is 0.497 e. The first-order valence-electron chi connectivity index (χ1n) is 4.58. The summed E-state index contributed by atoms with van der Waals surface area (Å²) in [7, 11) is 1.63. The molecule has 0 spiro atoms. The molecule has 0 bridgehead atoms. The van der Waals surface area contributed by atoms with Crippen molar-refractivity contribution >= 4 is 5.82 Å². The standard InChI is InChI=1S/C11H12N2O2/c1-7-3-4-8(14-2)5-9(7)10-6-11(12)13-15-10/h3-6H,1-2H3,(H2,12,13). The zero-order valence-corrected chi connectivity index (χ0v) is 8.65. The predicted molar refractivity (Wildman–Crippen MR) is 57.6 cm³/mol. The average molecular weight is 204 g/mol. The van der Waals surface area contributed by atoms with E-state index >= 15 is 0 Å². The molecule has 0 aliphatic carbocycles. The minimum absolute atomic E-state index is 0.382. The van der Waals surface area contributed by atoms with Crippen molar-refractivity contribution in [3.05, 3.63) is 29.8 Å². The highest BCUT2D eigenvalue weighted by Gasteiger charge is 2.08. The number of nitrogens with two attached hydrogens (primary N) is 1. The van der Waals surface area contributed by atoms with Crippen LogP contribution in [0.5, 0.6) is 5.75 Å². The van der Waals surface area contributed by atoms with E-state index < -0.39 is 0 Å². The molecule has 4 heteroatoms. The van der Waals surface area contributed by atoms with Gasteiger partial charge in [0, 0.05) is 11.6 Å². The maximum atomic E-state index is 5.50. The van der Waals surface area contributed by atoms with E-state index in [0.717, 1.165) is 16.9 Å². The van der Waals surface area contributed by atoms with E-state index in [4.69, 9.17) is 15.0 Å². The van der Waals surface area contributed by atoms with Crippen LogP contribution < -0.4 is 10.5 Å². The molecule has 2 aromatic rings. The van der Waals surface area contributed by atoms with Gasteiger partial charge < -0.3 is 15.0 Å². The van der Waals surface area contributed by atoms with Crippen LogP contribution in [0.2, 0.25) is 0 Å². The normalized spacial score (nSPS) is 10.3. The van der Waals surface area contributed by atoms with Crippen molar-refractivity contribution in [1.82, 2.24) is 5.16 Å². The van der Waals surface area contributed by atoms with Crippen molar-refractivity contribution in [1.29, 1.82) is 0 Å². The Bertz CT molecular complexity index is 477. The van der Waals surface area contributed by atoms with Crippen LogP contribution in [0, 0.1) is 6.92 Å². The summed E-state index contributed by atoms with van der Waals surface area (Å²) in [6.07, 6.45) is 0. The minimum Gasteiger partial charge on any atom is -0.497 e. The topological polar surface area (TPSA) is 61.3 Å². The van der Waals surface area contributed by atoms with E-state index in [2.05, 4.69) is 5.16 Å². The molecule has 0 fully saturated rings. The van der Waals surface area contributed by atoms with Crippen molar-refractivity contribution in [2.45, 2.75) is 6.92 Å². The van der Waals surface area contributed by atoms with Crippen molar-refractivity contribution in [3.8, 4) is 17.1 Å². The Morgan fingerprint density at radius 2 is 2.13 bits per heavy atom. The van der Waals surface area contributed by atoms with Gasteiger partial charge in [-0.25, -0.2) is 0 Å². The quantitative estimate of drug-likeness (QED) is 0.814. The Balaban J connectivity index is 2.51. The molecule has 0 saturated heterocycles. The van der Waals surface area contributed by atoms with E-state index in [9.17, 15) is 0 Å².